The largest absolute Gasteiger partial charge is 0.465 e. The summed E-state index contributed by atoms with van der Waals surface area (Å²) in [5.41, 5.74) is 0. The van der Waals surface area contributed by atoms with Gasteiger partial charge in [0.05, 0.1) is 32.8 Å². The highest BCUT2D eigenvalue weighted by atomic mass is 16.5. The fraction of sp³-hybridized carbons (Fsp3) is 0.857. The van der Waals surface area contributed by atoms with E-state index < -0.39 is 12.0 Å². The minimum Gasteiger partial charge on any atom is -0.465 e. The van der Waals surface area contributed by atoms with Crippen LogP contribution in [0.3, 0.4) is 0 Å². The standard InChI is InChI=1S/C14H28N2O5/c1-4-11(3)16-13(18)10-12(14(19)21-5-2)15-6-8-20-9-7-17/h11-12,15,17H,4-10H2,1-3H3,(H,16,18). The molecule has 0 aliphatic rings. The Bertz CT molecular complexity index is 299. The normalized spacial score (nSPS) is 13.5. The van der Waals surface area contributed by atoms with E-state index >= 15 is 0 Å². The molecule has 0 spiro atoms. The number of hydrogen-bond acceptors (Lipinski definition) is 6. The summed E-state index contributed by atoms with van der Waals surface area (Å²) >= 11 is 0. The molecule has 2 unspecified atom stereocenters. The van der Waals surface area contributed by atoms with E-state index in [2.05, 4.69) is 10.6 Å². The van der Waals surface area contributed by atoms with E-state index in [-0.39, 0.29) is 38.2 Å². The Hall–Kier alpha value is -1.18. The van der Waals surface area contributed by atoms with Gasteiger partial charge in [0.2, 0.25) is 5.91 Å². The summed E-state index contributed by atoms with van der Waals surface area (Å²) in [6, 6.07) is -0.611. The predicted octanol–water partition coefficient (Wildman–Crippen LogP) is -0.179. The van der Waals surface area contributed by atoms with Crippen molar-refractivity contribution < 1.29 is 24.2 Å². The molecule has 0 fully saturated rings. The molecular weight excluding hydrogens is 276 g/mol. The SMILES string of the molecule is CCOC(=O)C(CC(=O)NC(C)CC)NCCOCCO. The Kier molecular flexibility index (Phi) is 11.8. The van der Waals surface area contributed by atoms with Crippen LogP contribution in [0.2, 0.25) is 0 Å². The fourth-order valence-electron chi connectivity index (χ4n) is 1.57. The van der Waals surface area contributed by atoms with Crippen LogP contribution in [0.1, 0.15) is 33.6 Å². The zero-order chi connectivity index (χ0) is 16.1. The molecule has 2 atom stereocenters. The Morgan fingerprint density at radius 3 is 2.52 bits per heavy atom. The summed E-state index contributed by atoms with van der Waals surface area (Å²) in [5.74, 6) is -0.634. The summed E-state index contributed by atoms with van der Waals surface area (Å²) in [7, 11) is 0. The van der Waals surface area contributed by atoms with Gasteiger partial charge < -0.3 is 25.2 Å². The number of carbonyl (C=O) groups is 2. The quantitative estimate of drug-likeness (QED) is 0.342. The lowest BCUT2D eigenvalue weighted by atomic mass is 10.1. The second-order valence-corrected chi connectivity index (χ2v) is 4.68. The maximum absolute atomic E-state index is 11.8. The van der Waals surface area contributed by atoms with E-state index in [0.29, 0.717) is 13.2 Å². The summed E-state index contributed by atoms with van der Waals surface area (Å²) in [6.07, 6.45) is 0.863. The molecule has 0 rings (SSSR count). The van der Waals surface area contributed by atoms with Gasteiger partial charge in [0.1, 0.15) is 6.04 Å². The van der Waals surface area contributed by atoms with Gasteiger partial charge in [0, 0.05) is 12.6 Å². The first-order chi connectivity index (χ1) is 10.0. The molecule has 0 aromatic heterocycles. The van der Waals surface area contributed by atoms with Crippen LogP contribution in [-0.4, -0.2) is 62.0 Å². The van der Waals surface area contributed by atoms with E-state index in [1.165, 1.54) is 0 Å². The number of aliphatic hydroxyl groups excluding tert-OH is 1. The third-order valence-electron chi connectivity index (χ3n) is 2.85. The van der Waals surface area contributed by atoms with Crippen molar-refractivity contribution in [1.29, 1.82) is 0 Å². The first-order valence-corrected chi connectivity index (χ1v) is 7.43. The molecule has 21 heavy (non-hydrogen) atoms. The molecule has 0 saturated heterocycles. The monoisotopic (exact) mass is 304 g/mol. The third kappa shape index (κ3) is 10.2. The Morgan fingerprint density at radius 2 is 1.95 bits per heavy atom. The third-order valence-corrected chi connectivity index (χ3v) is 2.85. The minimum absolute atomic E-state index is 0.0309. The van der Waals surface area contributed by atoms with Crippen molar-refractivity contribution in [2.75, 3.05) is 33.0 Å². The average Bonchev–Trinajstić information content (AvgIpc) is 2.45. The van der Waals surface area contributed by atoms with Crippen LogP contribution in [-0.2, 0) is 19.1 Å². The van der Waals surface area contributed by atoms with Gasteiger partial charge in [-0.1, -0.05) is 6.92 Å². The Balaban J connectivity index is 4.25. The number of hydrogen-bond donors (Lipinski definition) is 3. The molecule has 124 valence electrons. The highest BCUT2D eigenvalue weighted by Gasteiger charge is 2.22. The number of rotatable bonds is 12. The van der Waals surface area contributed by atoms with Gasteiger partial charge in [-0.05, 0) is 20.3 Å². The maximum Gasteiger partial charge on any atom is 0.323 e. The summed E-state index contributed by atoms with van der Waals surface area (Å²) < 4.78 is 10.0. The van der Waals surface area contributed by atoms with Gasteiger partial charge in [-0.25, -0.2) is 0 Å². The van der Waals surface area contributed by atoms with Crippen LogP contribution in [0, 0.1) is 0 Å². The topological polar surface area (TPSA) is 96.9 Å². The Morgan fingerprint density at radius 1 is 1.24 bits per heavy atom. The van der Waals surface area contributed by atoms with Gasteiger partial charge in [0.15, 0.2) is 0 Å². The van der Waals surface area contributed by atoms with E-state index in [4.69, 9.17) is 14.6 Å². The number of carbonyl (C=O) groups excluding carboxylic acids is 2. The molecular formula is C14H28N2O5. The molecule has 0 radical (unpaired) electrons. The average molecular weight is 304 g/mol. The lowest BCUT2D eigenvalue weighted by Crippen LogP contribution is -2.44. The number of aliphatic hydroxyl groups is 1. The lowest BCUT2D eigenvalue weighted by molar-refractivity contribution is -0.147. The van der Waals surface area contributed by atoms with Crippen LogP contribution < -0.4 is 10.6 Å². The molecule has 7 heteroatoms. The zero-order valence-electron chi connectivity index (χ0n) is 13.2. The predicted molar refractivity (Wildman–Crippen MR) is 78.8 cm³/mol. The van der Waals surface area contributed by atoms with Crippen molar-refractivity contribution in [2.24, 2.45) is 0 Å². The van der Waals surface area contributed by atoms with Crippen LogP contribution in [0.5, 0.6) is 0 Å². The minimum atomic E-state index is -0.688. The van der Waals surface area contributed by atoms with Gasteiger partial charge >= 0.3 is 5.97 Å². The summed E-state index contributed by atoms with van der Waals surface area (Å²) in [4.78, 5) is 23.7. The van der Waals surface area contributed by atoms with Crippen molar-refractivity contribution >= 4 is 11.9 Å². The molecule has 7 nitrogen and oxygen atoms in total. The number of nitrogens with one attached hydrogen (secondary N) is 2. The van der Waals surface area contributed by atoms with Crippen molar-refractivity contribution in [2.45, 2.75) is 45.7 Å². The molecule has 0 aliphatic heterocycles. The number of amides is 1. The number of ether oxygens (including phenoxy) is 2. The van der Waals surface area contributed by atoms with Crippen molar-refractivity contribution in [3.63, 3.8) is 0 Å². The van der Waals surface area contributed by atoms with Crippen LogP contribution in [0.15, 0.2) is 0 Å². The second kappa shape index (κ2) is 12.6. The van der Waals surface area contributed by atoms with Crippen molar-refractivity contribution in [3.05, 3.63) is 0 Å². The van der Waals surface area contributed by atoms with Crippen molar-refractivity contribution in [1.82, 2.24) is 10.6 Å². The molecule has 0 aromatic rings. The zero-order valence-corrected chi connectivity index (χ0v) is 13.2. The van der Waals surface area contributed by atoms with Gasteiger partial charge in [-0.2, -0.15) is 0 Å². The summed E-state index contributed by atoms with van der Waals surface area (Å²) in [6.45, 7) is 6.84. The van der Waals surface area contributed by atoms with Gasteiger partial charge in [-0.15, -0.1) is 0 Å². The maximum atomic E-state index is 11.8. The Labute approximate surface area is 126 Å². The van der Waals surface area contributed by atoms with Crippen LogP contribution >= 0.6 is 0 Å². The molecule has 1 amide bonds. The van der Waals surface area contributed by atoms with E-state index in [9.17, 15) is 9.59 Å². The molecule has 3 N–H and O–H groups in total. The van der Waals surface area contributed by atoms with E-state index in [1.807, 2.05) is 13.8 Å². The fourth-order valence-corrected chi connectivity index (χ4v) is 1.57. The number of esters is 1. The first-order valence-electron chi connectivity index (χ1n) is 7.43. The molecule has 0 saturated carbocycles. The van der Waals surface area contributed by atoms with E-state index in [0.717, 1.165) is 6.42 Å². The lowest BCUT2D eigenvalue weighted by Gasteiger charge is -2.18. The second-order valence-electron chi connectivity index (χ2n) is 4.68. The molecule has 0 aliphatic carbocycles. The van der Waals surface area contributed by atoms with Gasteiger partial charge in [0.25, 0.3) is 0 Å². The highest BCUT2D eigenvalue weighted by molar-refractivity contribution is 5.85. The van der Waals surface area contributed by atoms with Gasteiger partial charge in [-0.3, -0.25) is 9.59 Å². The van der Waals surface area contributed by atoms with Crippen LogP contribution in [0.4, 0.5) is 0 Å². The van der Waals surface area contributed by atoms with Crippen LogP contribution in [0.25, 0.3) is 0 Å². The highest BCUT2D eigenvalue weighted by Crippen LogP contribution is 1.98. The molecule has 0 heterocycles. The molecule has 0 bridgehead atoms. The first kappa shape index (κ1) is 19.8. The van der Waals surface area contributed by atoms with Crippen molar-refractivity contribution in [3.8, 4) is 0 Å². The molecule has 0 aromatic carbocycles. The van der Waals surface area contributed by atoms with E-state index in [1.54, 1.807) is 6.92 Å². The smallest absolute Gasteiger partial charge is 0.323 e. The summed E-state index contributed by atoms with van der Waals surface area (Å²) in [5, 5.41) is 14.3.